The van der Waals surface area contributed by atoms with Gasteiger partial charge in [-0.05, 0) is 12.8 Å². The van der Waals surface area contributed by atoms with Crippen molar-refractivity contribution < 1.29 is 4.74 Å². The molecule has 1 aliphatic rings. The van der Waals surface area contributed by atoms with Crippen LogP contribution in [-0.2, 0) is 4.74 Å². The summed E-state index contributed by atoms with van der Waals surface area (Å²) in [6, 6.07) is 2.07. The highest BCUT2D eigenvalue weighted by atomic mass is 16.5. The van der Waals surface area contributed by atoms with Gasteiger partial charge in [0.1, 0.15) is 0 Å². The largest absolute Gasteiger partial charge is 0.377 e. The number of nitrogens with zero attached hydrogens (tertiary/aromatic N) is 1. The van der Waals surface area contributed by atoms with Crippen molar-refractivity contribution in [3.05, 3.63) is 0 Å². The molecule has 0 atom stereocenters. The van der Waals surface area contributed by atoms with Crippen LogP contribution in [0.3, 0.4) is 0 Å². The molecule has 56 valence electrons. The third-order valence-corrected chi connectivity index (χ3v) is 1.87. The Balaban J connectivity index is 1.97. The summed E-state index contributed by atoms with van der Waals surface area (Å²) < 4.78 is 5.42. The van der Waals surface area contributed by atoms with E-state index in [0.717, 1.165) is 0 Å². The molecule has 2 heteroatoms. The second kappa shape index (κ2) is 4.29. The van der Waals surface area contributed by atoms with E-state index in [9.17, 15) is 0 Å². The average Bonchev–Trinajstić information content (AvgIpc) is 2.41. The lowest BCUT2D eigenvalue weighted by Crippen LogP contribution is -2.07. The van der Waals surface area contributed by atoms with Crippen LogP contribution in [0, 0.1) is 11.3 Å². The zero-order valence-electron chi connectivity index (χ0n) is 6.18. The van der Waals surface area contributed by atoms with Crippen LogP contribution in [0.15, 0.2) is 0 Å². The van der Waals surface area contributed by atoms with Gasteiger partial charge in [0, 0.05) is 0 Å². The van der Waals surface area contributed by atoms with Gasteiger partial charge in [-0.15, -0.1) is 0 Å². The van der Waals surface area contributed by atoms with Gasteiger partial charge in [0.15, 0.2) is 0 Å². The third-order valence-electron chi connectivity index (χ3n) is 1.87. The monoisotopic (exact) mass is 139 g/mol. The van der Waals surface area contributed by atoms with E-state index in [1.807, 2.05) is 0 Å². The van der Waals surface area contributed by atoms with E-state index in [-0.39, 0.29) is 0 Å². The van der Waals surface area contributed by atoms with Gasteiger partial charge >= 0.3 is 0 Å². The van der Waals surface area contributed by atoms with Gasteiger partial charge in [0.05, 0.1) is 25.2 Å². The lowest BCUT2D eigenvalue weighted by molar-refractivity contribution is 0.0625. The molecule has 0 aromatic heterocycles. The molecule has 0 spiro atoms. The molecule has 0 N–H and O–H groups in total. The van der Waals surface area contributed by atoms with Gasteiger partial charge < -0.3 is 4.74 Å². The fourth-order valence-electron chi connectivity index (χ4n) is 1.33. The number of nitriles is 1. The van der Waals surface area contributed by atoms with Crippen molar-refractivity contribution in [1.29, 1.82) is 5.26 Å². The molecule has 1 rings (SSSR count). The average molecular weight is 139 g/mol. The van der Waals surface area contributed by atoms with Gasteiger partial charge in [-0.2, -0.15) is 5.26 Å². The van der Waals surface area contributed by atoms with E-state index >= 15 is 0 Å². The molecule has 10 heavy (non-hydrogen) atoms. The quantitative estimate of drug-likeness (QED) is 0.559. The zero-order valence-corrected chi connectivity index (χ0v) is 6.18. The highest BCUT2D eigenvalue weighted by Gasteiger charge is 2.14. The number of hydrogen-bond acceptors (Lipinski definition) is 2. The van der Waals surface area contributed by atoms with Gasteiger partial charge in [-0.25, -0.2) is 0 Å². The van der Waals surface area contributed by atoms with E-state index in [1.165, 1.54) is 25.7 Å². The Labute approximate surface area is 61.8 Å². The molecule has 0 aromatic rings. The van der Waals surface area contributed by atoms with E-state index in [0.29, 0.717) is 19.1 Å². The molecule has 0 saturated heterocycles. The maximum atomic E-state index is 8.21. The fraction of sp³-hybridized carbons (Fsp3) is 0.875. The van der Waals surface area contributed by atoms with E-state index in [1.54, 1.807) is 0 Å². The van der Waals surface area contributed by atoms with Crippen LogP contribution in [0.5, 0.6) is 0 Å². The molecule has 0 radical (unpaired) electrons. The summed E-state index contributed by atoms with van der Waals surface area (Å²) in [4.78, 5) is 0. The normalized spacial score (nSPS) is 19.1. The summed E-state index contributed by atoms with van der Waals surface area (Å²) in [5.41, 5.74) is 0. The van der Waals surface area contributed by atoms with Crippen molar-refractivity contribution >= 4 is 0 Å². The SMILES string of the molecule is N#CCCOC1CCCC1. The van der Waals surface area contributed by atoms with Crippen molar-refractivity contribution in [2.75, 3.05) is 6.61 Å². The third kappa shape index (κ3) is 2.36. The minimum Gasteiger partial charge on any atom is -0.377 e. The molecule has 0 amide bonds. The highest BCUT2D eigenvalue weighted by molar-refractivity contribution is 4.70. The Kier molecular flexibility index (Phi) is 3.25. The topological polar surface area (TPSA) is 33.0 Å². The standard InChI is InChI=1S/C8H13NO/c9-6-3-7-10-8-4-1-2-5-8/h8H,1-5,7H2. The number of hydrogen-bond donors (Lipinski definition) is 0. The van der Waals surface area contributed by atoms with Crippen LogP contribution in [0.25, 0.3) is 0 Å². The first-order chi connectivity index (χ1) is 4.93. The molecule has 0 heterocycles. The van der Waals surface area contributed by atoms with Gasteiger partial charge in [-0.1, -0.05) is 12.8 Å². The van der Waals surface area contributed by atoms with Crippen molar-refractivity contribution in [1.82, 2.24) is 0 Å². The maximum absolute atomic E-state index is 8.21. The lowest BCUT2D eigenvalue weighted by Gasteiger charge is -2.07. The first-order valence-electron chi connectivity index (χ1n) is 3.92. The van der Waals surface area contributed by atoms with E-state index < -0.39 is 0 Å². The van der Waals surface area contributed by atoms with Gasteiger partial charge in [-0.3, -0.25) is 0 Å². The van der Waals surface area contributed by atoms with Gasteiger partial charge in [0.25, 0.3) is 0 Å². The van der Waals surface area contributed by atoms with Crippen LogP contribution in [-0.4, -0.2) is 12.7 Å². The summed E-state index contributed by atoms with van der Waals surface area (Å²) in [7, 11) is 0. The van der Waals surface area contributed by atoms with E-state index in [2.05, 4.69) is 6.07 Å². The Hall–Kier alpha value is -0.550. The minimum atomic E-state index is 0.466. The molecule has 1 saturated carbocycles. The van der Waals surface area contributed by atoms with Crippen LogP contribution < -0.4 is 0 Å². The Morgan fingerprint density at radius 2 is 2.10 bits per heavy atom. The lowest BCUT2D eigenvalue weighted by atomic mass is 10.3. The fourth-order valence-corrected chi connectivity index (χ4v) is 1.33. The van der Waals surface area contributed by atoms with Crippen LogP contribution in [0.2, 0.25) is 0 Å². The molecular weight excluding hydrogens is 126 g/mol. The molecule has 1 aliphatic carbocycles. The first kappa shape index (κ1) is 7.56. The molecule has 1 fully saturated rings. The van der Waals surface area contributed by atoms with Crippen molar-refractivity contribution in [3.8, 4) is 6.07 Å². The molecular formula is C8H13NO. The second-order valence-corrected chi connectivity index (χ2v) is 2.69. The summed E-state index contributed by atoms with van der Waals surface area (Å²) in [5.74, 6) is 0. The first-order valence-corrected chi connectivity index (χ1v) is 3.92. The Morgan fingerprint density at radius 3 is 2.70 bits per heavy atom. The van der Waals surface area contributed by atoms with Gasteiger partial charge in [0.2, 0.25) is 0 Å². The van der Waals surface area contributed by atoms with Crippen LogP contribution >= 0.6 is 0 Å². The molecule has 0 bridgehead atoms. The summed E-state index contributed by atoms with van der Waals surface area (Å²) in [6.45, 7) is 0.626. The van der Waals surface area contributed by atoms with Crippen molar-refractivity contribution in [3.63, 3.8) is 0 Å². The van der Waals surface area contributed by atoms with E-state index in [4.69, 9.17) is 10.00 Å². The highest BCUT2D eigenvalue weighted by Crippen LogP contribution is 2.20. The molecule has 0 aliphatic heterocycles. The Morgan fingerprint density at radius 1 is 1.40 bits per heavy atom. The zero-order chi connectivity index (χ0) is 7.23. The predicted molar refractivity (Wildman–Crippen MR) is 38.4 cm³/mol. The Bertz CT molecular complexity index is 122. The molecule has 0 aromatic carbocycles. The summed E-state index contributed by atoms with van der Waals surface area (Å²) in [5, 5.41) is 8.21. The van der Waals surface area contributed by atoms with Crippen LogP contribution in [0.1, 0.15) is 32.1 Å². The number of ether oxygens (including phenoxy) is 1. The predicted octanol–water partition coefficient (Wildman–Crippen LogP) is 1.86. The summed E-state index contributed by atoms with van der Waals surface area (Å²) >= 11 is 0. The summed E-state index contributed by atoms with van der Waals surface area (Å²) in [6.07, 6.45) is 6.01. The minimum absolute atomic E-state index is 0.466. The van der Waals surface area contributed by atoms with Crippen molar-refractivity contribution in [2.45, 2.75) is 38.2 Å². The second-order valence-electron chi connectivity index (χ2n) is 2.69. The smallest absolute Gasteiger partial charge is 0.0645 e. The van der Waals surface area contributed by atoms with Crippen molar-refractivity contribution in [2.24, 2.45) is 0 Å². The number of rotatable bonds is 3. The maximum Gasteiger partial charge on any atom is 0.0645 e. The molecule has 2 nitrogen and oxygen atoms in total. The van der Waals surface area contributed by atoms with Crippen LogP contribution in [0.4, 0.5) is 0 Å². The molecule has 0 unspecified atom stereocenters.